The first-order valence-corrected chi connectivity index (χ1v) is 9.12. The van der Waals surface area contributed by atoms with Gasteiger partial charge in [0.15, 0.2) is 0 Å². The van der Waals surface area contributed by atoms with Crippen molar-refractivity contribution in [1.29, 1.82) is 0 Å². The number of unbranched alkanes of at least 4 members (excludes halogenated alkanes) is 1. The highest BCUT2D eigenvalue weighted by molar-refractivity contribution is 7.89. The first-order chi connectivity index (χ1) is 9.98. The standard InChI is InChI=1S/C16H25NO3S/c1-4-6-7-13-8-9-16(14(5-2)10-13)21(18,19)17(3)11-15-12-20-15/h8-10,15H,4-7,11-12H2,1-3H3/t15-/m0/s1. The Labute approximate surface area is 128 Å². The predicted octanol–water partition coefficient (Wildman–Crippen LogP) is 2.61. The van der Waals surface area contributed by atoms with E-state index in [1.165, 1.54) is 9.87 Å². The van der Waals surface area contributed by atoms with Crippen LogP contribution < -0.4 is 0 Å². The predicted molar refractivity (Wildman–Crippen MR) is 84.0 cm³/mol. The number of likely N-dealkylation sites (N-methyl/N-ethyl adjacent to an activating group) is 1. The molecule has 0 N–H and O–H groups in total. The monoisotopic (exact) mass is 311 g/mol. The van der Waals surface area contributed by atoms with Crippen molar-refractivity contribution >= 4 is 10.0 Å². The zero-order valence-electron chi connectivity index (χ0n) is 13.1. The van der Waals surface area contributed by atoms with Crippen LogP contribution >= 0.6 is 0 Å². The average molecular weight is 311 g/mol. The van der Waals surface area contributed by atoms with Crippen molar-refractivity contribution in [3.63, 3.8) is 0 Å². The molecular formula is C16H25NO3S. The van der Waals surface area contributed by atoms with E-state index in [0.29, 0.717) is 18.0 Å². The van der Waals surface area contributed by atoms with Crippen molar-refractivity contribution in [2.24, 2.45) is 0 Å². The Morgan fingerprint density at radius 2 is 2.05 bits per heavy atom. The van der Waals surface area contributed by atoms with Crippen LogP contribution in [0.25, 0.3) is 0 Å². The molecule has 0 spiro atoms. The van der Waals surface area contributed by atoms with Crippen molar-refractivity contribution in [2.75, 3.05) is 20.2 Å². The number of aryl methyl sites for hydroxylation is 2. The SMILES string of the molecule is CCCCc1ccc(S(=O)(=O)N(C)C[C@H]2CO2)c(CC)c1. The van der Waals surface area contributed by atoms with Gasteiger partial charge in [0.05, 0.1) is 17.6 Å². The summed E-state index contributed by atoms with van der Waals surface area (Å²) in [5.74, 6) is 0. The van der Waals surface area contributed by atoms with Crippen LogP contribution in [-0.2, 0) is 27.6 Å². The molecule has 0 saturated carbocycles. The summed E-state index contributed by atoms with van der Waals surface area (Å²) < 4.78 is 31.9. The minimum atomic E-state index is -3.42. The molecule has 0 radical (unpaired) electrons. The van der Waals surface area contributed by atoms with E-state index in [9.17, 15) is 8.42 Å². The summed E-state index contributed by atoms with van der Waals surface area (Å²) in [5.41, 5.74) is 2.13. The summed E-state index contributed by atoms with van der Waals surface area (Å²) in [6, 6.07) is 5.76. The number of benzene rings is 1. The van der Waals surface area contributed by atoms with Crippen molar-refractivity contribution in [1.82, 2.24) is 4.31 Å². The lowest BCUT2D eigenvalue weighted by Gasteiger charge is -2.19. The second-order valence-corrected chi connectivity index (χ2v) is 7.65. The number of nitrogens with zero attached hydrogens (tertiary/aromatic N) is 1. The molecule has 2 rings (SSSR count). The number of ether oxygens (including phenoxy) is 1. The molecule has 1 heterocycles. The van der Waals surface area contributed by atoms with E-state index in [1.54, 1.807) is 13.1 Å². The van der Waals surface area contributed by atoms with E-state index in [1.807, 2.05) is 19.1 Å². The number of rotatable bonds is 8. The van der Waals surface area contributed by atoms with Gasteiger partial charge in [0.1, 0.15) is 0 Å². The lowest BCUT2D eigenvalue weighted by molar-refractivity contribution is 0.359. The van der Waals surface area contributed by atoms with Gasteiger partial charge in [-0.2, -0.15) is 4.31 Å². The zero-order valence-corrected chi connectivity index (χ0v) is 13.9. The van der Waals surface area contributed by atoms with Gasteiger partial charge in [0.25, 0.3) is 0 Å². The topological polar surface area (TPSA) is 49.9 Å². The van der Waals surface area contributed by atoms with Gasteiger partial charge in [0, 0.05) is 13.6 Å². The molecule has 0 aromatic heterocycles. The van der Waals surface area contributed by atoms with Crippen molar-refractivity contribution in [2.45, 2.75) is 50.5 Å². The molecule has 1 atom stereocenters. The maximum absolute atomic E-state index is 12.7. The number of hydrogen-bond acceptors (Lipinski definition) is 3. The molecule has 0 unspecified atom stereocenters. The van der Waals surface area contributed by atoms with Crippen molar-refractivity contribution in [3.05, 3.63) is 29.3 Å². The fraction of sp³-hybridized carbons (Fsp3) is 0.625. The molecule has 0 aliphatic carbocycles. The average Bonchev–Trinajstić information content (AvgIpc) is 3.28. The molecule has 118 valence electrons. The summed E-state index contributed by atoms with van der Waals surface area (Å²) in [7, 11) is -1.79. The van der Waals surface area contributed by atoms with Gasteiger partial charge in [-0.15, -0.1) is 0 Å². The van der Waals surface area contributed by atoms with Crippen LogP contribution in [0.2, 0.25) is 0 Å². The second-order valence-electron chi connectivity index (χ2n) is 5.64. The largest absolute Gasteiger partial charge is 0.372 e. The molecule has 1 aromatic rings. The first kappa shape index (κ1) is 16.5. The summed E-state index contributed by atoms with van der Waals surface area (Å²) >= 11 is 0. The fourth-order valence-corrected chi connectivity index (χ4v) is 3.90. The van der Waals surface area contributed by atoms with E-state index in [-0.39, 0.29) is 6.10 Å². The molecule has 1 aliphatic rings. The molecule has 21 heavy (non-hydrogen) atoms. The summed E-state index contributed by atoms with van der Waals surface area (Å²) in [6.45, 7) is 5.26. The quantitative estimate of drug-likeness (QED) is 0.693. The van der Waals surface area contributed by atoms with E-state index in [2.05, 4.69) is 6.92 Å². The molecule has 1 aromatic carbocycles. The highest BCUT2D eigenvalue weighted by atomic mass is 32.2. The number of epoxide rings is 1. The van der Waals surface area contributed by atoms with Crippen LogP contribution in [0.4, 0.5) is 0 Å². The molecular weight excluding hydrogens is 286 g/mol. The lowest BCUT2D eigenvalue weighted by atomic mass is 10.0. The highest BCUT2D eigenvalue weighted by Gasteiger charge is 2.31. The Bertz CT molecular complexity index is 579. The van der Waals surface area contributed by atoms with Crippen LogP contribution in [0.15, 0.2) is 23.1 Å². The molecule has 1 aliphatic heterocycles. The Morgan fingerprint density at radius 3 is 2.62 bits per heavy atom. The van der Waals surface area contributed by atoms with Gasteiger partial charge >= 0.3 is 0 Å². The normalized spacial score (nSPS) is 18.2. The Kier molecular flexibility index (Phi) is 5.41. The molecule has 4 nitrogen and oxygen atoms in total. The van der Waals surface area contributed by atoms with Gasteiger partial charge < -0.3 is 4.74 Å². The van der Waals surface area contributed by atoms with Crippen LogP contribution in [0, 0.1) is 0 Å². The first-order valence-electron chi connectivity index (χ1n) is 7.68. The van der Waals surface area contributed by atoms with Crippen LogP contribution in [-0.4, -0.2) is 39.0 Å². The van der Waals surface area contributed by atoms with Crippen LogP contribution in [0.3, 0.4) is 0 Å². The molecule has 5 heteroatoms. The third kappa shape index (κ3) is 4.05. The van der Waals surface area contributed by atoms with Gasteiger partial charge in [-0.05, 0) is 36.5 Å². The van der Waals surface area contributed by atoms with Gasteiger partial charge in [-0.1, -0.05) is 32.4 Å². The minimum absolute atomic E-state index is 0.0682. The fourth-order valence-electron chi connectivity index (χ4n) is 2.42. The second kappa shape index (κ2) is 6.90. The van der Waals surface area contributed by atoms with Crippen molar-refractivity contribution < 1.29 is 13.2 Å². The molecule has 0 amide bonds. The zero-order chi connectivity index (χ0) is 15.5. The maximum atomic E-state index is 12.7. The number of hydrogen-bond donors (Lipinski definition) is 0. The van der Waals surface area contributed by atoms with Crippen molar-refractivity contribution in [3.8, 4) is 0 Å². The Hall–Kier alpha value is -0.910. The molecule has 1 saturated heterocycles. The Balaban J connectivity index is 2.24. The van der Waals surface area contributed by atoms with Gasteiger partial charge in [0.2, 0.25) is 10.0 Å². The van der Waals surface area contributed by atoms with Gasteiger partial charge in [-0.3, -0.25) is 0 Å². The van der Waals surface area contributed by atoms with Crippen LogP contribution in [0.1, 0.15) is 37.8 Å². The van der Waals surface area contributed by atoms with Crippen LogP contribution in [0.5, 0.6) is 0 Å². The van der Waals surface area contributed by atoms with E-state index < -0.39 is 10.0 Å². The number of sulfonamides is 1. The lowest BCUT2D eigenvalue weighted by Crippen LogP contribution is -2.31. The van der Waals surface area contributed by atoms with E-state index in [0.717, 1.165) is 31.2 Å². The van der Waals surface area contributed by atoms with Gasteiger partial charge in [-0.25, -0.2) is 8.42 Å². The summed E-state index contributed by atoms with van der Waals surface area (Å²) in [6.07, 6.45) is 4.08. The summed E-state index contributed by atoms with van der Waals surface area (Å²) in [4.78, 5) is 0.438. The third-order valence-corrected chi connectivity index (χ3v) is 5.80. The highest BCUT2D eigenvalue weighted by Crippen LogP contribution is 2.24. The maximum Gasteiger partial charge on any atom is 0.243 e. The minimum Gasteiger partial charge on any atom is -0.372 e. The molecule has 1 fully saturated rings. The van der Waals surface area contributed by atoms with E-state index in [4.69, 9.17) is 4.74 Å². The third-order valence-electron chi connectivity index (χ3n) is 3.88. The smallest absolute Gasteiger partial charge is 0.243 e. The van der Waals surface area contributed by atoms with E-state index >= 15 is 0 Å². The summed E-state index contributed by atoms with van der Waals surface area (Å²) in [5, 5.41) is 0. The Morgan fingerprint density at radius 1 is 1.33 bits per heavy atom. The molecule has 0 bridgehead atoms.